The number of aromatic nitrogens is 3. The lowest BCUT2D eigenvalue weighted by molar-refractivity contribution is 0.102. The van der Waals surface area contributed by atoms with Gasteiger partial charge in [0.2, 0.25) is 0 Å². The second-order valence-corrected chi connectivity index (χ2v) is 7.23. The van der Waals surface area contributed by atoms with Crippen molar-refractivity contribution in [1.82, 2.24) is 14.8 Å². The molecule has 4 rings (SSSR count). The third-order valence-electron chi connectivity index (χ3n) is 5.19. The standard InChI is InChI=1S/C23H24N4O2/c1-14-10-18(29-4)11-20-19(14)12-21(24-20)23(28)25-22-15(2)26-27(16(22)3)13-17-8-6-5-7-9-17/h5-12,24H,13H2,1-4H3,(H,25,28). The van der Waals surface area contributed by atoms with Gasteiger partial charge in [-0.25, -0.2) is 0 Å². The summed E-state index contributed by atoms with van der Waals surface area (Å²) < 4.78 is 7.24. The average molecular weight is 388 g/mol. The van der Waals surface area contributed by atoms with E-state index < -0.39 is 0 Å². The molecule has 0 radical (unpaired) electrons. The maximum Gasteiger partial charge on any atom is 0.272 e. The van der Waals surface area contributed by atoms with Gasteiger partial charge in [0.15, 0.2) is 0 Å². The minimum Gasteiger partial charge on any atom is -0.497 e. The summed E-state index contributed by atoms with van der Waals surface area (Å²) in [5, 5.41) is 8.64. The fourth-order valence-corrected chi connectivity index (χ4v) is 3.59. The smallest absolute Gasteiger partial charge is 0.272 e. The first-order chi connectivity index (χ1) is 14.0. The summed E-state index contributed by atoms with van der Waals surface area (Å²) >= 11 is 0. The Bertz CT molecular complexity index is 1190. The van der Waals surface area contributed by atoms with Crippen LogP contribution in [0.15, 0.2) is 48.5 Å². The summed E-state index contributed by atoms with van der Waals surface area (Å²) in [6.45, 7) is 6.54. The van der Waals surface area contributed by atoms with Crippen molar-refractivity contribution in [3.63, 3.8) is 0 Å². The molecule has 0 aliphatic rings. The quantitative estimate of drug-likeness (QED) is 0.525. The molecule has 148 valence electrons. The molecule has 0 fully saturated rings. The van der Waals surface area contributed by atoms with Gasteiger partial charge in [-0.15, -0.1) is 0 Å². The van der Waals surface area contributed by atoms with E-state index in [2.05, 4.69) is 27.5 Å². The second-order valence-electron chi connectivity index (χ2n) is 7.23. The molecular weight excluding hydrogens is 364 g/mol. The SMILES string of the molecule is COc1cc(C)c2cc(C(=O)Nc3c(C)nn(Cc4ccccc4)c3C)[nH]c2c1. The van der Waals surface area contributed by atoms with Crippen LogP contribution in [0.25, 0.3) is 10.9 Å². The molecule has 6 heteroatoms. The van der Waals surface area contributed by atoms with E-state index in [4.69, 9.17) is 4.74 Å². The van der Waals surface area contributed by atoms with Gasteiger partial charge >= 0.3 is 0 Å². The molecule has 0 saturated carbocycles. The van der Waals surface area contributed by atoms with Crippen molar-refractivity contribution < 1.29 is 9.53 Å². The Balaban J connectivity index is 1.60. The molecule has 0 atom stereocenters. The van der Waals surface area contributed by atoms with Crippen LogP contribution in [0.1, 0.15) is 33.0 Å². The first-order valence-electron chi connectivity index (χ1n) is 9.53. The van der Waals surface area contributed by atoms with Gasteiger partial charge in [-0.1, -0.05) is 30.3 Å². The summed E-state index contributed by atoms with van der Waals surface area (Å²) in [4.78, 5) is 16.1. The van der Waals surface area contributed by atoms with Crippen LogP contribution in [0.5, 0.6) is 5.75 Å². The van der Waals surface area contributed by atoms with E-state index in [9.17, 15) is 4.79 Å². The van der Waals surface area contributed by atoms with E-state index in [1.807, 2.05) is 61.9 Å². The summed E-state index contributed by atoms with van der Waals surface area (Å²) in [6, 6.07) is 15.9. The van der Waals surface area contributed by atoms with Crippen LogP contribution in [0.4, 0.5) is 5.69 Å². The van der Waals surface area contributed by atoms with Gasteiger partial charge in [-0.05, 0) is 44.0 Å². The lowest BCUT2D eigenvalue weighted by Crippen LogP contribution is -2.13. The van der Waals surface area contributed by atoms with Crippen LogP contribution < -0.4 is 10.1 Å². The van der Waals surface area contributed by atoms with Crippen LogP contribution in [0.3, 0.4) is 0 Å². The Labute approximate surface area is 169 Å². The molecule has 29 heavy (non-hydrogen) atoms. The Hall–Kier alpha value is -3.54. The lowest BCUT2D eigenvalue weighted by Gasteiger charge is -2.06. The number of anilines is 1. The molecule has 6 nitrogen and oxygen atoms in total. The number of fused-ring (bicyclic) bond motifs is 1. The molecule has 0 unspecified atom stereocenters. The molecule has 2 N–H and O–H groups in total. The van der Waals surface area contributed by atoms with Crippen LogP contribution in [-0.2, 0) is 6.54 Å². The lowest BCUT2D eigenvalue weighted by atomic mass is 10.1. The number of rotatable bonds is 5. The maximum absolute atomic E-state index is 12.9. The normalized spacial score (nSPS) is 11.0. The van der Waals surface area contributed by atoms with E-state index in [0.29, 0.717) is 12.2 Å². The minimum atomic E-state index is -0.190. The minimum absolute atomic E-state index is 0.190. The Morgan fingerprint density at radius 2 is 1.90 bits per heavy atom. The fraction of sp³-hybridized carbons (Fsp3) is 0.217. The van der Waals surface area contributed by atoms with Gasteiger partial charge < -0.3 is 15.0 Å². The van der Waals surface area contributed by atoms with Crippen molar-refractivity contribution in [3.05, 3.63) is 76.7 Å². The molecular formula is C23H24N4O2. The van der Waals surface area contributed by atoms with Crippen molar-refractivity contribution >= 4 is 22.5 Å². The third kappa shape index (κ3) is 3.61. The maximum atomic E-state index is 12.9. The number of carbonyl (C=O) groups excluding carboxylic acids is 1. The summed E-state index contributed by atoms with van der Waals surface area (Å²) in [5.74, 6) is 0.572. The zero-order valence-corrected chi connectivity index (χ0v) is 17.0. The van der Waals surface area contributed by atoms with Crippen molar-refractivity contribution in [2.75, 3.05) is 12.4 Å². The molecule has 1 amide bonds. The number of carbonyl (C=O) groups is 1. The number of H-pyrrole nitrogens is 1. The number of methoxy groups -OCH3 is 1. The molecule has 0 spiro atoms. The number of hydrogen-bond acceptors (Lipinski definition) is 3. The van der Waals surface area contributed by atoms with Crippen molar-refractivity contribution in [2.45, 2.75) is 27.3 Å². The molecule has 4 aromatic rings. The van der Waals surface area contributed by atoms with Gasteiger partial charge in [0, 0.05) is 17.0 Å². The zero-order chi connectivity index (χ0) is 20.5. The van der Waals surface area contributed by atoms with Crippen LogP contribution >= 0.6 is 0 Å². The Morgan fingerprint density at radius 1 is 1.14 bits per heavy atom. The second kappa shape index (κ2) is 7.47. The summed E-state index contributed by atoms with van der Waals surface area (Å²) in [6.07, 6.45) is 0. The number of aryl methyl sites for hydroxylation is 2. The molecule has 2 heterocycles. The topological polar surface area (TPSA) is 71.9 Å². The number of nitrogens with one attached hydrogen (secondary N) is 2. The monoisotopic (exact) mass is 388 g/mol. The van der Waals surface area contributed by atoms with Crippen LogP contribution in [-0.4, -0.2) is 27.8 Å². The van der Waals surface area contributed by atoms with Gasteiger partial charge in [-0.2, -0.15) is 5.10 Å². The highest BCUT2D eigenvalue weighted by molar-refractivity contribution is 6.06. The van der Waals surface area contributed by atoms with Crippen LogP contribution in [0.2, 0.25) is 0 Å². The Kier molecular flexibility index (Phi) is 4.84. The highest BCUT2D eigenvalue weighted by Gasteiger charge is 2.17. The number of benzene rings is 2. The van der Waals surface area contributed by atoms with E-state index in [1.165, 1.54) is 0 Å². The number of ether oxygens (including phenoxy) is 1. The average Bonchev–Trinajstić information content (AvgIpc) is 3.26. The predicted molar refractivity (Wildman–Crippen MR) is 115 cm³/mol. The Morgan fingerprint density at radius 3 is 2.62 bits per heavy atom. The molecule has 0 aliphatic carbocycles. The largest absolute Gasteiger partial charge is 0.497 e. The van der Waals surface area contributed by atoms with E-state index in [1.54, 1.807) is 7.11 Å². The first-order valence-corrected chi connectivity index (χ1v) is 9.53. The first kappa shape index (κ1) is 18.8. The van der Waals surface area contributed by atoms with Gasteiger partial charge in [0.05, 0.1) is 30.7 Å². The zero-order valence-electron chi connectivity index (χ0n) is 17.0. The van der Waals surface area contributed by atoms with Crippen molar-refractivity contribution in [1.29, 1.82) is 0 Å². The molecule has 2 aromatic heterocycles. The van der Waals surface area contributed by atoms with E-state index >= 15 is 0 Å². The van der Waals surface area contributed by atoms with Crippen molar-refractivity contribution in [2.24, 2.45) is 0 Å². The van der Waals surface area contributed by atoms with Gasteiger partial charge in [0.25, 0.3) is 5.91 Å². The molecule has 0 aliphatic heterocycles. The highest BCUT2D eigenvalue weighted by atomic mass is 16.5. The van der Waals surface area contributed by atoms with E-state index in [0.717, 1.165) is 44.9 Å². The molecule has 2 aromatic carbocycles. The highest BCUT2D eigenvalue weighted by Crippen LogP contribution is 2.27. The molecule has 0 bridgehead atoms. The summed E-state index contributed by atoms with van der Waals surface area (Å²) in [7, 11) is 1.63. The number of amides is 1. The van der Waals surface area contributed by atoms with Gasteiger partial charge in [-0.3, -0.25) is 9.48 Å². The summed E-state index contributed by atoms with van der Waals surface area (Å²) in [5.41, 5.74) is 6.06. The fourth-order valence-electron chi connectivity index (χ4n) is 3.59. The number of hydrogen-bond donors (Lipinski definition) is 2. The van der Waals surface area contributed by atoms with Gasteiger partial charge in [0.1, 0.15) is 11.4 Å². The van der Waals surface area contributed by atoms with E-state index in [-0.39, 0.29) is 5.91 Å². The number of aromatic amines is 1. The third-order valence-corrected chi connectivity index (χ3v) is 5.19. The van der Waals surface area contributed by atoms with Crippen molar-refractivity contribution in [3.8, 4) is 5.75 Å². The molecule has 0 saturated heterocycles. The number of nitrogens with zero attached hydrogens (tertiary/aromatic N) is 2. The predicted octanol–water partition coefficient (Wildman–Crippen LogP) is 4.60. The van der Waals surface area contributed by atoms with Crippen LogP contribution in [0, 0.1) is 20.8 Å².